The molecule has 3 aromatic heterocycles. The van der Waals surface area contributed by atoms with E-state index in [1.54, 1.807) is 12.5 Å². The summed E-state index contributed by atoms with van der Waals surface area (Å²) in [6.45, 7) is 4.24. The first-order valence-corrected chi connectivity index (χ1v) is 6.84. The molecular weight excluding hydrogens is 270 g/mol. The Bertz CT molecular complexity index is 733. The molecule has 0 amide bonds. The average Bonchev–Trinajstić information content (AvgIpc) is 3.11. The second-order valence-corrected chi connectivity index (χ2v) is 4.60. The number of ether oxygens (including phenoxy) is 1. The van der Waals surface area contributed by atoms with E-state index in [2.05, 4.69) is 20.1 Å². The number of rotatable bonds is 6. The Kier molecular flexibility index (Phi) is 3.67. The Morgan fingerprint density at radius 2 is 2.19 bits per heavy atom. The van der Waals surface area contributed by atoms with Gasteiger partial charge in [0.2, 0.25) is 0 Å². The number of fused-ring (bicyclic) bond motifs is 1. The SMILES string of the molecule is CCn1cc(OCCCn2cnc3c(N)ncnc32)cn1. The van der Waals surface area contributed by atoms with Gasteiger partial charge in [-0.25, -0.2) is 15.0 Å². The van der Waals surface area contributed by atoms with Crippen LogP contribution in [-0.2, 0) is 13.1 Å². The number of aromatic nitrogens is 6. The Morgan fingerprint density at radius 1 is 1.29 bits per heavy atom. The molecule has 3 rings (SSSR count). The number of aryl methyl sites for hydroxylation is 2. The molecule has 0 spiro atoms. The van der Waals surface area contributed by atoms with Gasteiger partial charge in [-0.2, -0.15) is 5.10 Å². The molecule has 3 heterocycles. The Labute approximate surface area is 121 Å². The quantitative estimate of drug-likeness (QED) is 0.682. The fourth-order valence-electron chi connectivity index (χ4n) is 2.08. The summed E-state index contributed by atoms with van der Waals surface area (Å²) in [7, 11) is 0. The van der Waals surface area contributed by atoms with Crippen LogP contribution in [0.25, 0.3) is 11.2 Å². The monoisotopic (exact) mass is 287 g/mol. The molecule has 0 fully saturated rings. The lowest BCUT2D eigenvalue weighted by Crippen LogP contribution is -2.04. The van der Waals surface area contributed by atoms with Crippen LogP contribution in [0, 0.1) is 0 Å². The number of imidazole rings is 1. The van der Waals surface area contributed by atoms with Crippen LogP contribution < -0.4 is 10.5 Å². The van der Waals surface area contributed by atoms with E-state index in [1.807, 2.05) is 22.4 Å². The summed E-state index contributed by atoms with van der Waals surface area (Å²) in [6, 6.07) is 0. The van der Waals surface area contributed by atoms with Crippen molar-refractivity contribution in [1.82, 2.24) is 29.3 Å². The molecule has 8 heteroatoms. The van der Waals surface area contributed by atoms with Crippen molar-refractivity contribution in [2.75, 3.05) is 12.3 Å². The number of nitrogens with two attached hydrogens (primary N) is 1. The van der Waals surface area contributed by atoms with Crippen LogP contribution in [0.4, 0.5) is 5.82 Å². The van der Waals surface area contributed by atoms with Crippen molar-refractivity contribution in [3.8, 4) is 5.75 Å². The van der Waals surface area contributed by atoms with Crippen LogP contribution in [0.15, 0.2) is 25.0 Å². The van der Waals surface area contributed by atoms with Crippen molar-refractivity contribution < 1.29 is 4.74 Å². The van der Waals surface area contributed by atoms with Gasteiger partial charge in [-0.3, -0.25) is 4.68 Å². The van der Waals surface area contributed by atoms with E-state index in [-0.39, 0.29) is 0 Å². The standard InChI is InChI=1S/C13H17N7O/c1-2-20-7-10(6-18-20)21-5-3-4-19-9-17-11-12(14)15-8-16-13(11)19/h6-9H,2-5H2,1H3,(H2,14,15,16). The summed E-state index contributed by atoms with van der Waals surface area (Å²) in [5.74, 6) is 1.20. The minimum atomic E-state index is 0.405. The highest BCUT2D eigenvalue weighted by atomic mass is 16.5. The molecule has 21 heavy (non-hydrogen) atoms. The molecule has 0 aliphatic heterocycles. The summed E-state index contributed by atoms with van der Waals surface area (Å²) < 4.78 is 9.43. The normalized spacial score (nSPS) is 11.1. The maximum absolute atomic E-state index is 5.75. The van der Waals surface area contributed by atoms with Gasteiger partial charge in [-0.15, -0.1) is 0 Å². The summed E-state index contributed by atoms with van der Waals surface area (Å²) in [5, 5.41) is 4.16. The number of hydrogen-bond acceptors (Lipinski definition) is 6. The van der Waals surface area contributed by atoms with Crippen LogP contribution in [0.5, 0.6) is 5.75 Å². The molecule has 0 saturated heterocycles. The third kappa shape index (κ3) is 2.78. The smallest absolute Gasteiger partial charge is 0.165 e. The van der Waals surface area contributed by atoms with Crippen LogP contribution in [0.1, 0.15) is 13.3 Å². The summed E-state index contributed by atoms with van der Waals surface area (Å²) in [5.41, 5.74) is 7.15. The minimum Gasteiger partial charge on any atom is -0.490 e. The van der Waals surface area contributed by atoms with Crippen LogP contribution in [0.2, 0.25) is 0 Å². The lowest BCUT2D eigenvalue weighted by Gasteiger charge is -2.05. The molecule has 0 aromatic carbocycles. The topological polar surface area (TPSA) is 96.7 Å². The second kappa shape index (κ2) is 5.78. The van der Waals surface area contributed by atoms with E-state index in [1.165, 1.54) is 6.33 Å². The predicted octanol–water partition coefficient (Wildman–Crippen LogP) is 1.09. The van der Waals surface area contributed by atoms with Gasteiger partial charge in [-0.05, 0) is 13.3 Å². The van der Waals surface area contributed by atoms with Crippen molar-refractivity contribution >= 4 is 17.0 Å². The molecule has 3 aromatic rings. The molecule has 0 aliphatic carbocycles. The molecule has 0 saturated carbocycles. The highest BCUT2D eigenvalue weighted by Crippen LogP contribution is 2.14. The highest BCUT2D eigenvalue weighted by Gasteiger charge is 2.07. The lowest BCUT2D eigenvalue weighted by molar-refractivity contribution is 0.302. The number of anilines is 1. The van der Waals surface area contributed by atoms with Crippen molar-refractivity contribution in [1.29, 1.82) is 0 Å². The van der Waals surface area contributed by atoms with Crippen molar-refractivity contribution in [2.45, 2.75) is 26.4 Å². The number of nitrogens with zero attached hydrogens (tertiary/aromatic N) is 6. The fraction of sp³-hybridized carbons (Fsp3) is 0.385. The maximum atomic E-state index is 5.75. The van der Waals surface area contributed by atoms with E-state index >= 15 is 0 Å². The molecular formula is C13H17N7O. The summed E-state index contributed by atoms with van der Waals surface area (Å²) in [4.78, 5) is 12.4. The fourth-order valence-corrected chi connectivity index (χ4v) is 2.08. The largest absolute Gasteiger partial charge is 0.490 e. The number of nitrogen functional groups attached to an aromatic ring is 1. The molecule has 8 nitrogen and oxygen atoms in total. The van der Waals surface area contributed by atoms with Gasteiger partial charge in [0, 0.05) is 13.1 Å². The third-order valence-corrected chi connectivity index (χ3v) is 3.18. The lowest BCUT2D eigenvalue weighted by atomic mass is 10.4. The Balaban J connectivity index is 1.56. The van der Waals surface area contributed by atoms with Gasteiger partial charge >= 0.3 is 0 Å². The van der Waals surface area contributed by atoms with Crippen LogP contribution in [-0.4, -0.2) is 35.9 Å². The molecule has 0 unspecified atom stereocenters. The Morgan fingerprint density at radius 3 is 3.00 bits per heavy atom. The van der Waals surface area contributed by atoms with Gasteiger partial charge in [0.25, 0.3) is 0 Å². The van der Waals surface area contributed by atoms with Gasteiger partial charge in [-0.1, -0.05) is 0 Å². The Hall–Kier alpha value is -2.64. The van der Waals surface area contributed by atoms with Crippen molar-refractivity contribution in [2.24, 2.45) is 0 Å². The molecule has 2 N–H and O–H groups in total. The van der Waals surface area contributed by atoms with Gasteiger partial charge < -0.3 is 15.0 Å². The molecule has 0 atom stereocenters. The van der Waals surface area contributed by atoms with E-state index < -0.39 is 0 Å². The van der Waals surface area contributed by atoms with Crippen LogP contribution in [0.3, 0.4) is 0 Å². The zero-order valence-electron chi connectivity index (χ0n) is 11.8. The molecule has 110 valence electrons. The highest BCUT2D eigenvalue weighted by molar-refractivity contribution is 5.80. The zero-order chi connectivity index (χ0) is 14.7. The van der Waals surface area contributed by atoms with Gasteiger partial charge in [0.1, 0.15) is 11.8 Å². The summed E-state index contributed by atoms with van der Waals surface area (Å²) >= 11 is 0. The van der Waals surface area contributed by atoms with E-state index in [9.17, 15) is 0 Å². The average molecular weight is 287 g/mol. The van der Waals surface area contributed by atoms with Crippen LogP contribution >= 0.6 is 0 Å². The summed E-state index contributed by atoms with van der Waals surface area (Å²) in [6.07, 6.45) is 7.63. The van der Waals surface area contributed by atoms with Gasteiger partial charge in [0.15, 0.2) is 17.2 Å². The number of hydrogen-bond donors (Lipinski definition) is 1. The maximum Gasteiger partial charge on any atom is 0.165 e. The predicted molar refractivity (Wildman–Crippen MR) is 77.7 cm³/mol. The van der Waals surface area contributed by atoms with Crippen molar-refractivity contribution in [3.05, 3.63) is 25.0 Å². The van der Waals surface area contributed by atoms with E-state index in [0.717, 1.165) is 30.9 Å². The van der Waals surface area contributed by atoms with Crippen molar-refractivity contribution in [3.63, 3.8) is 0 Å². The minimum absolute atomic E-state index is 0.405. The third-order valence-electron chi connectivity index (χ3n) is 3.18. The molecule has 0 bridgehead atoms. The zero-order valence-corrected chi connectivity index (χ0v) is 11.8. The first kappa shape index (κ1) is 13.3. The second-order valence-electron chi connectivity index (χ2n) is 4.60. The first-order chi connectivity index (χ1) is 10.3. The molecule has 0 aliphatic rings. The van der Waals surface area contributed by atoms with E-state index in [4.69, 9.17) is 10.5 Å². The molecule has 0 radical (unpaired) electrons. The van der Waals surface area contributed by atoms with E-state index in [0.29, 0.717) is 17.9 Å². The first-order valence-electron chi connectivity index (χ1n) is 6.84. The van der Waals surface area contributed by atoms with Gasteiger partial charge in [0.05, 0.1) is 25.3 Å².